The third-order valence-electron chi connectivity index (χ3n) is 3.90. The van der Waals surface area contributed by atoms with E-state index in [0.29, 0.717) is 22.9 Å². The number of pyridine rings is 2. The van der Waals surface area contributed by atoms with E-state index in [1.54, 1.807) is 36.5 Å². The molecule has 0 spiro atoms. The van der Waals surface area contributed by atoms with Gasteiger partial charge in [0.05, 0.1) is 11.3 Å². The summed E-state index contributed by atoms with van der Waals surface area (Å²) in [6.07, 6.45) is 5.44. The Morgan fingerprint density at radius 3 is 2.92 bits per heavy atom. The summed E-state index contributed by atoms with van der Waals surface area (Å²) in [5.41, 5.74) is 1.07. The van der Waals surface area contributed by atoms with Crippen LogP contribution >= 0.6 is 0 Å². The molecule has 25 heavy (non-hydrogen) atoms. The molecule has 126 valence electrons. The Kier molecular flexibility index (Phi) is 3.89. The number of ether oxygens (including phenoxy) is 1. The Bertz CT molecular complexity index is 978. The zero-order valence-electron chi connectivity index (χ0n) is 13.4. The fourth-order valence-corrected chi connectivity index (χ4v) is 2.44. The molecule has 7 nitrogen and oxygen atoms in total. The molecule has 1 aliphatic carbocycles. The summed E-state index contributed by atoms with van der Waals surface area (Å²) < 4.78 is 6.67. The molecule has 1 saturated carbocycles. The van der Waals surface area contributed by atoms with E-state index in [-0.39, 0.29) is 12.2 Å². The van der Waals surface area contributed by atoms with Crippen molar-refractivity contribution >= 4 is 17.4 Å². The van der Waals surface area contributed by atoms with Gasteiger partial charge in [-0.25, -0.2) is 14.8 Å². The molecule has 3 heterocycles. The lowest BCUT2D eigenvalue weighted by molar-refractivity contribution is 0.0467. The number of esters is 1. The summed E-state index contributed by atoms with van der Waals surface area (Å²) in [5, 5.41) is 3.25. The Morgan fingerprint density at radius 2 is 2.16 bits per heavy atom. The Morgan fingerprint density at radius 1 is 1.28 bits per heavy atom. The first-order valence-corrected chi connectivity index (χ1v) is 8.06. The van der Waals surface area contributed by atoms with Gasteiger partial charge < -0.3 is 10.1 Å². The molecule has 4 rings (SSSR count). The lowest BCUT2D eigenvalue weighted by Gasteiger charge is -2.07. The smallest absolute Gasteiger partial charge is 0.340 e. The third-order valence-corrected chi connectivity index (χ3v) is 3.90. The molecule has 0 atom stereocenters. The predicted molar refractivity (Wildman–Crippen MR) is 91.5 cm³/mol. The highest BCUT2D eigenvalue weighted by Gasteiger charge is 2.21. The molecule has 1 aliphatic rings. The highest BCUT2D eigenvalue weighted by Crippen LogP contribution is 2.23. The second-order valence-corrected chi connectivity index (χ2v) is 5.94. The molecule has 0 aromatic carbocycles. The Labute approximate surface area is 143 Å². The van der Waals surface area contributed by atoms with E-state index in [1.807, 2.05) is 0 Å². The van der Waals surface area contributed by atoms with Crippen LogP contribution in [0.1, 0.15) is 28.9 Å². The van der Waals surface area contributed by atoms with Crippen molar-refractivity contribution in [3.8, 4) is 0 Å². The van der Waals surface area contributed by atoms with Crippen molar-refractivity contribution < 1.29 is 9.53 Å². The summed E-state index contributed by atoms with van der Waals surface area (Å²) in [7, 11) is 0. The topological polar surface area (TPSA) is 85.6 Å². The fourth-order valence-electron chi connectivity index (χ4n) is 2.44. The number of hydrogen-bond donors (Lipinski definition) is 1. The zero-order chi connectivity index (χ0) is 17.2. The maximum absolute atomic E-state index is 12.1. The van der Waals surface area contributed by atoms with Gasteiger partial charge in [-0.15, -0.1) is 0 Å². The minimum Gasteiger partial charge on any atom is -0.456 e. The van der Waals surface area contributed by atoms with Crippen molar-refractivity contribution in [1.29, 1.82) is 0 Å². The van der Waals surface area contributed by atoms with Gasteiger partial charge in [0.15, 0.2) is 0 Å². The molecule has 3 aromatic heterocycles. The first kappa shape index (κ1) is 15.3. The first-order valence-electron chi connectivity index (χ1n) is 8.06. The lowest BCUT2D eigenvalue weighted by Crippen LogP contribution is -2.16. The van der Waals surface area contributed by atoms with Crippen LogP contribution in [-0.2, 0) is 11.3 Å². The van der Waals surface area contributed by atoms with Crippen LogP contribution in [0.2, 0.25) is 0 Å². The summed E-state index contributed by atoms with van der Waals surface area (Å²) in [5.74, 6) is 0.254. The SMILES string of the molecule is O=C(OCc1cc(=O)n2ccccc2n1)c1ccc(NC2CC2)nc1. The van der Waals surface area contributed by atoms with E-state index < -0.39 is 5.97 Å². The molecule has 3 aromatic rings. The molecule has 7 heteroatoms. The largest absolute Gasteiger partial charge is 0.456 e. The van der Waals surface area contributed by atoms with E-state index >= 15 is 0 Å². The third kappa shape index (κ3) is 3.50. The van der Waals surface area contributed by atoms with Gasteiger partial charge in [0.1, 0.15) is 18.1 Å². The molecule has 0 saturated heterocycles. The minimum atomic E-state index is -0.500. The van der Waals surface area contributed by atoms with Crippen LogP contribution in [-0.4, -0.2) is 26.4 Å². The lowest BCUT2D eigenvalue weighted by atomic mass is 10.3. The predicted octanol–water partition coefficient (Wildman–Crippen LogP) is 2.02. The zero-order valence-corrected chi connectivity index (χ0v) is 13.4. The normalized spacial score (nSPS) is 13.6. The average Bonchev–Trinajstić information content (AvgIpc) is 3.44. The molecule has 0 radical (unpaired) electrons. The van der Waals surface area contributed by atoms with E-state index in [2.05, 4.69) is 15.3 Å². The van der Waals surface area contributed by atoms with Crippen molar-refractivity contribution in [2.24, 2.45) is 0 Å². The van der Waals surface area contributed by atoms with Gasteiger partial charge in [0.2, 0.25) is 0 Å². The number of carbonyl (C=O) groups excluding carboxylic acids is 1. The van der Waals surface area contributed by atoms with E-state index in [1.165, 1.54) is 16.7 Å². The van der Waals surface area contributed by atoms with Gasteiger partial charge in [-0.3, -0.25) is 9.20 Å². The second kappa shape index (κ2) is 6.35. The van der Waals surface area contributed by atoms with E-state index in [4.69, 9.17) is 4.74 Å². The van der Waals surface area contributed by atoms with Gasteiger partial charge in [0.25, 0.3) is 5.56 Å². The fraction of sp³-hybridized carbons (Fsp3) is 0.222. The standard InChI is InChI=1S/C18H16N4O3/c23-17-9-14(21-16-3-1-2-8-22(16)17)11-25-18(24)12-4-7-15(19-10-12)20-13-5-6-13/h1-4,7-10,13H,5-6,11H2,(H,19,20). The number of fused-ring (bicyclic) bond motifs is 1. The Balaban J connectivity index is 1.43. The van der Waals surface area contributed by atoms with Gasteiger partial charge in [-0.2, -0.15) is 0 Å². The van der Waals surface area contributed by atoms with Crippen LogP contribution in [0, 0.1) is 0 Å². The summed E-state index contributed by atoms with van der Waals surface area (Å²) in [6, 6.07) is 10.6. The second-order valence-electron chi connectivity index (χ2n) is 5.94. The molecule has 0 aliphatic heterocycles. The first-order chi connectivity index (χ1) is 12.2. The number of aromatic nitrogens is 3. The Hall–Kier alpha value is -3.22. The number of carbonyl (C=O) groups is 1. The summed E-state index contributed by atoms with van der Waals surface area (Å²) >= 11 is 0. The maximum Gasteiger partial charge on any atom is 0.340 e. The minimum absolute atomic E-state index is 0.0679. The molecule has 1 N–H and O–H groups in total. The van der Waals surface area contributed by atoms with Gasteiger partial charge >= 0.3 is 5.97 Å². The molecule has 0 bridgehead atoms. The average molecular weight is 336 g/mol. The van der Waals surface area contributed by atoms with Crippen molar-refractivity contribution in [2.45, 2.75) is 25.5 Å². The van der Waals surface area contributed by atoms with Crippen LogP contribution < -0.4 is 10.9 Å². The van der Waals surface area contributed by atoms with E-state index in [0.717, 1.165) is 18.7 Å². The van der Waals surface area contributed by atoms with Crippen LogP contribution in [0.5, 0.6) is 0 Å². The van der Waals surface area contributed by atoms with Crippen LogP contribution in [0.3, 0.4) is 0 Å². The van der Waals surface area contributed by atoms with Gasteiger partial charge in [-0.05, 0) is 37.1 Å². The molecule has 0 amide bonds. The van der Waals surface area contributed by atoms with Crippen molar-refractivity contribution in [3.05, 3.63) is 70.4 Å². The number of nitrogens with one attached hydrogen (secondary N) is 1. The highest BCUT2D eigenvalue weighted by atomic mass is 16.5. The molecular weight excluding hydrogens is 320 g/mol. The van der Waals surface area contributed by atoms with Gasteiger partial charge in [-0.1, -0.05) is 6.07 Å². The highest BCUT2D eigenvalue weighted by molar-refractivity contribution is 5.89. The van der Waals surface area contributed by atoms with Gasteiger partial charge in [0, 0.05) is 24.5 Å². The number of hydrogen-bond acceptors (Lipinski definition) is 6. The number of rotatable bonds is 5. The summed E-state index contributed by atoms with van der Waals surface area (Å²) in [4.78, 5) is 32.7. The van der Waals surface area contributed by atoms with Crippen LogP contribution in [0.15, 0.2) is 53.6 Å². The van der Waals surface area contributed by atoms with Crippen molar-refractivity contribution in [2.75, 3.05) is 5.32 Å². The number of anilines is 1. The molecular formula is C18H16N4O3. The number of nitrogens with zero attached hydrogens (tertiary/aromatic N) is 3. The summed E-state index contributed by atoms with van der Waals surface area (Å²) in [6.45, 7) is -0.0679. The quantitative estimate of drug-likeness (QED) is 0.718. The monoisotopic (exact) mass is 336 g/mol. The molecule has 1 fully saturated rings. The van der Waals surface area contributed by atoms with Crippen LogP contribution in [0.4, 0.5) is 5.82 Å². The molecule has 0 unspecified atom stereocenters. The van der Waals surface area contributed by atoms with Crippen LogP contribution in [0.25, 0.3) is 5.65 Å². The van der Waals surface area contributed by atoms with Crippen molar-refractivity contribution in [1.82, 2.24) is 14.4 Å². The maximum atomic E-state index is 12.1. The van der Waals surface area contributed by atoms with Crippen molar-refractivity contribution in [3.63, 3.8) is 0 Å². The van der Waals surface area contributed by atoms with E-state index in [9.17, 15) is 9.59 Å².